The lowest BCUT2D eigenvalue weighted by Crippen LogP contribution is -2.57. The highest BCUT2D eigenvalue weighted by Gasteiger charge is 2.43. The average Bonchev–Trinajstić information content (AvgIpc) is 2.96. The number of carbonyl (C=O) groups is 3. The first kappa shape index (κ1) is 28.7. The molecule has 1 unspecified atom stereocenters. The van der Waals surface area contributed by atoms with Crippen LogP contribution in [0.4, 0.5) is 13.6 Å². The molecule has 1 saturated carbocycles. The van der Waals surface area contributed by atoms with E-state index in [0.29, 0.717) is 25.3 Å². The number of benzene rings is 2. The number of nitriles is 1. The molecule has 1 heterocycles. The first-order valence-corrected chi connectivity index (χ1v) is 13.2. The second-order valence-corrected chi connectivity index (χ2v) is 9.95. The number of nitrogens with one attached hydrogen (secondary N) is 2. The van der Waals surface area contributed by atoms with Crippen LogP contribution in [0.3, 0.4) is 0 Å². The van der Waals surface area contributed by atoms with Gasteiger partial charge in [-0.1, -0.05) is 43.3 Å². The molecule has 3 N–H and O–H groups in total. The van der Waals surface area contributed by atoms with Crippen molar-refractivity contribution in [3.8, 4) is 6.07 Å². The molecule has 2 aromatic carbocycles. The van der Waals surface area contributed by atoms with Crippen LogP contribution in [0.15, 0.2) is 59.8 Å². The second kappa shape index (κ2) is 12.3. The predicted molar refractivity (Wildman–Crippen MR) is 141 cm³/mol. The molecular formula is C29H31F2N5O4. The van der Waals surface area contributed by atoms with Gasteiger partial charge in [-0.3, -0.25) is 9.80 Å². The molecule has 0 spiro atoms. The van der Waals surface area contributed by atoms with Crippen LogP contribution >= 0.6 is 0 Å². The third-order valence-corrected chi connectivity index (χ3v) is 7.70. The molecule has 9 nitrogen and oxygen atoms in total. The summed E-state index contributed by atoms with van der Waals surface area (Å²) in [5, 5.41) is 27.6. The third-order valence-electron chi connectivity index (χ3n) is 7.70. The molecular weight excluding hydrogens is 520 g/mol. The van der Waals surface area contributed by atoms with Gasteiger partial charge >= 0.3 is 12.0 Å². The Labute approximate surface area is 231 Å². The highest BCUT2D eigenvalue weighted by molar-refractivity contribution is 5.94. The van der Waals surface area contributed by atoms with Gasteiger partial charge in [0, 0.05) is 29.9 Å². The van der Waals surface area contributed by atoms with E-state index >= 15 is 0 Å². The highest BCUT2D eigenvalue weighted by Crippen LogP contribution is 2.39. The summed E-state index contributed by atoms with van der Waals surface area (Å²) in [5.74, 6) is -3.30. The summed E-state index contributed by atoms with van der Waals surface area (Å²) < 4.78 is 28.6. The Hall–Kier alpha value is -4.30. The van der Waals surface area contributed by atoms with Crippen molar-refractivity contribution in [1.82, 2.24) is 20.7 Å². The molecule has 0 saturated heterocycles. The number of allylic oxidation sites excluding steroid dienone is 1. The number of aliphatic carboxylic acids is 1. The standard InChI is InChI=1S/C29H31F2N5O4/c1-2-24-25(27(38)39)26(22-9-8-20(30)16-23(22)31)36(28(40)34-24)35(18-37)15-14-33-21-10-12-29(17-32,13-11-21)19-6-4-3-5-7-19/h3-9,16,18,21,26,33H,2,10-15H2,1H3,(H,34,40)(H,38,39). The molecule has 1 aliphatic carbocycles. The lowest BCUT2D eigenvalue weighted by molar-refractivity contribution is -0.138. The first-order chi connectivity index (χ1) is 19.2. The van der Waals surface area contributed by atoms with Crippen LogP contribution in [0.5, 0.6) is 0 Å². The summed E-state index contributed by atoms with van der Waals surface area (Å²) in [5.41, 5.74) is -0.0441. The molecule has 210 valence electrons. The SMILES string of the molecule is CCC1=C(C(=O)O)C(c2ccc(F)cc2F)N(N(C=O)CCNC2CCC(C#N)(c3ccccc3)CC2)C(=O)N1. The van der Waals surface area contributed by atoms with E-state index in [1.807, 2.05) is 30.3 Å². The Bertz CT molecular complexity index is 1340. The molecule has 1 aliphatic heterocycles. The first-order valence-electron chi connectivity index (χ1n) is 13.2. The number of hydrazine groups is 1. The van der Waals surface area contributed by atoms with E-state index in [1.54, 1.807) is 6.92 Å². The van der Waals surface area contributed by atoms with Crippen molar-refractivity contribution < 1.29 is 28.3 Å². The molecule has 1 atom stereocenters. The van der Waals surface area contributed by atoms with Crippen LogP contribution in [0.25, 0.3) is 0 Å². The Morgan fingerprint density at radius 3 is 2.52 bits per heavy atom. The molecule has 0 bridgehead atoms. The van der Waals surface area contributed by atoms with E-state index in [0.717, 1.165) is 40.6 Å². The predicted octanol–water partition coefficient (Wildman–Crippen LogP) is 4.15. The van der Waals surface area contributed by atoms with E-state index in [2.05, 4.69) is 16.7 Å². The smallest absolute Gasteiger partial charge is 0.341 e. The minimum absolute atomic E-state index is 0.0246. The quantitative estimate of drug-likeness (QED) is 0.381. The normalized spacial score (nSPS) is 22.9. The zero-order valence-corrected chi connectivity index (χ0v) is 22.1. The summed E-state index contributed by atoms with van der Waals surface area (Å²) in [6.45, 7) is 1.86. The highest BCUT2D eigenvalue weighted by atomic mass is 19.1. The zero-order chi connectivity index (χ0) is 28.9. The number of nitrogens with zero attached hydrogens (tertiary/aromatic N) is 3. The second-order valence-electron chi connectivity index (χ2n) is 9.95. The average molecular weight is 552 g/mol. The van der Waals surface area contributed by atoms with Gasteiger partial charge in [-0.15, -0.1) is 0 Å². The summed E-state index contributed by atoms with van der Waals surface area (Å²) >= 11 is 0. The number of hydrogen-bond donors (Lipinski definition) is 3. The number of rotatable bonds is 10. The van der Waals surface area contributed by atoms with Crippen LogP contribution in [0.1, 0.15) is 56.2 Å². The maximum atomic E-state index is 14.9. The fourth-order valence-corrected chi connectivity index (χ4v) is 5.59. The molecule has 2 aliphatic rings. The molecule has 4 rings (SSSR count). The van der Waals surface area contributed by atoms with Gasteiger partial charge in [-0.25, -0.2) is 23.4 Å². The van der Waals surface area contributed by atoms with Gasteiger partial charge in [-0.05, 0) is 43.7 Å². The molecule has 3 amide bonds. The van der Waals surface area contributed by atoms with Crippen molar-refractivity contribution in [3.05, 3.63) is 82.6 Å². The maximum absolute atomic E-state index is 14.9. The van der Waals surface area contributed by atoms with Crippen LogP contribution in [0.2, 0.25) is 0 Å². The number of hydrogen-bond acceptors (Lipinski definition) is 5. The fraction of sp³-hybridized carbons (Fsp3) is 0.379. The van der Waals surface area contributed by atoms with Crippen molar-refractivity contribution in [2.45, 2.75) is 56.5 Å². The van der Waals surface area contributed by atoms with Gasteiger partial charge in [0.1, 0.15) is 17.7 Å². The molecule has 0 aromatic heterocycles. The molecule has 40 heavy (non-hydrogen) atoms. The van der Waals surface area contributed by atoms with Crippen molar-refractivity contribution in [3.63, 3.8) is 0 Å². The van der Waals surface area contributed by atoms with E-state index < -0.39 is 35.1 Å². The van der Waals surface area contributed by atoms with Gasteiger partial charge in [0.25, 0.3) is 0 Å². The zero-order valence-electron chi connectivity index (χ0n) is 22.1. The Balaban J connectivity index is 1.50. The Morgan fingerprint density at radius 1 is 1.25 bits per heavy atom. The lowest BCUT2D eigenvalue weighted by atomic mass is 9.69. The number of urea groups is 1. The van der Waals surface area contributed by atoms with Crippen molar-refractivity contribution in [1.29, 1.82) is 5.26 Å². The van der Waals surface area contributed by atoms with Gasteiger partial charge in [-0.2, -0.15) is 5.26 Å². The number of carboxylic acid groups (broad SMARTS) is 1. The number of amides is 3. The van der Waals surface area contributed by atoms with Crippen molar-refractivity contribution in [2.24, 2.45) is 0 Å². The van der Waals surface area contributed by atoms with Crippen molar-refractivity contribution >= 4 is 18.4 Å². The van der Waals surface area contributed by atoms with Crippen LogP contribution < -0.4 is 10.6 Å². The van der Waals surface area contributed by atoms with Gasteiger partial charge in [0.15, 0.2) is 0 Å². The van der Waals surface area contributed by atoms with E-state index in [-0.39, 0.29) is 42.4 Å². The Kier molecular flexibility index (Phi) is 8.80. The fourth-order valence-electron chi connectivity index (χ4n) is 5.59. The number of halogens is 2. The number of carbonyl (C=O) groups excluding carboxylic acids is 2. The summed E-state index contributed by atoms with van der Waals surface area (Å²) in [7, 11) is 0. The van der Waals surface area contributed by atoms with Gasteiger partial charge in [0.05, 0.1) is 23.6 Å². The van der Waals surface area contributed by atoms with Crippen LogP contribution in [0, 0.1) is 23.0 Å². The minimum atomic E-state index is -1.50. The molecule has 1 fully saturated rings. The molecule has 2 aromatic rings. The maximum Gasteiger partial charge on any atom is 0.341 e. The Morgan fingerprint density at radius 2 is 1.95 bits per heavy atom. The summed E-state index contributed by atoms with van der Waals surface area (Å²) in [6, 6.07) is 12.6. The topological polar surface area (TPSA) is 126 Å². The minimum Gasteiger partial charge on any atom is -0.478 e. The summed E-state index contributed by atoms with van der Waals surface area (Å²) in [6.07, 6.45) is 3.29. The van der Waals surface area contributed by atoms with Crippen LogP contribution in [-0.2, 0) is 15.0 Å². The van der Waals surface area contributed by atoms with Gasteiger partial charge in [0.2, 0.25) is 6.41 Å². The van der Waals surface area contributed by atoms with E-state index in [4.69, 9.17) is 0 Å². The number of carboxylic acids is 1. The van der Waals surface area contributed by atoms with Crippen LogP contribution in [-0.4, -0.2) is 52.7 Å². The monoisotopic (exact) mass is 551 g/mol. The third kappa shape index (κ3) is 5.67. The summed E-state index contributed by atoms with van der Waals surface area (Å²) in [4.78, 5) is 37.6. The largest absolute Gasteiger partial charge is 0.478 e. The van der Waals surface area contributed by atoms with Crippen molar-refractivity contribution in [2.75, 3.05) is 13.1 Å². The van der Waals surface area contributed by atoms with E-state index in [1.165, 1.54) is 0 Å². The van der Waals surface area contributed by atoms with Gasteiger partial charge < -0.3 is 15.7 Å². The van der Waals surface area contributed by atoms with E-state index in [9.17, 15) is 33.5 Å². The lowest BCUT2D eigenvalue weighted by Gasteiger charge is -2.42. The molecule has 0 radical (unpaired) electrons. The molecule has 11 heteroatoms.